The second-order valence-electron chi connectivity index (χ2n) is 3.50. The van der Waals surface area contributed by atoms with E-state index in [1.54, 1.807) is 12.4 Å². The molecule has 88 valence electrons. The minimum absolute atomic E-state index is 0.218. The lowest BCUT2D eigenvalue weighted by atomic mass is 10.2. The number of anilines is 1. The van der Waals surface area contributed by atoms with E-state index in [1.165, 1.54) is 0 Å². The average molecular weight is 358 g/mol. The van der Waals surface area contributed by atoms with Crippen LogP contribution in [0.15, 0.2) is 45.6 Å². The van der Waals surface area contributed by atoms with Crippen molar-refractivity contribution in [3.8, 4) is 5.75 Å². The van der Waals surface area contributed by atoms with Gasteiger partial charge < -0.3 is 10.4 Å². The molecule has 3 nitrogen and oxygen atoms in total. The Morgan fingerprint density at radius 3 is 2.53 bits per heavy atom. The number of aromatic hydroxyl groups is 1. The van der Waals surface area contributed by atoms with E-state index in [9.17, 15) is 5.11 Å². The van der Waals surface area contributed by atoms with Gasteiger partial charge in [-0.25, -0.2) is 0 Å². The Bertz CT molecular complexity index is 494. The molecule has 0 aliphatic rings. The van der Waals surface area contributed by atoms with Crippen molar-refractivity contribution in [3.63, 3.8) is 0 Å². The first kappa shape index (κ1) is 12.4. The quantitative estimate of drug-likeness (QED) is 0.874. The third kappa shape index (κ3) is 3.20. The van der Waals surface area contributed by atoms with Gasteiger partial charge in [-0.15, -0.1) is 0 Å². The van der Waals surface area contributed by atoms with Crippen molar-refractivity contribution in [2.75, 3.05) is 5.32 Å². The minimum Gasteiger partial charge on any atom is -0.506 e. The monoisotopic (exact) mass is 356 g/mol. The van der Waals surface area contributed by atoms with E-state index in [0.29, 0.717) is 15.5 Å². The van der Waals surface area contributed by atoms with Crippen LogP contribution in [0.2, 0.25) is 0 Å². The number of rotatable bonds is 3. The molecule has 0 atom stereocenters. The third-order valence-electron chi connectivity index (χ3n) is 2.23. The molecule has 1 heterocycles. The van der Waals surface area contributed by atoms with Gasteiger partial charge in [0, 0.05) is 18.9 Å². The maximum atomic E-state index is 9.59. The first-order valence-corrected chi connectivity index (χ1v) is 6.56. The topological polar surface area (TPSA) is 45.1 Å². The van der Waals surface area contributed by atoms with E-state index in [2.05, 4.69) is 42.2 Å². The molecule has 0 aliphatic carbocycles. The highest BCUT2D eigenvalue weighted by Gasteiger charge is 2.05. The molecule has 2 rings (SSSR count). The molecule has 0 amide bonds. The highest BCUT2D eigenvalue weighted by molar-refractivity contribution is 9.11. The van der Waals surface area contributed by atoms with E-state index in [-0.39, 0.29) is 5.75 Å². The summed E-state index contributed by atoms with van der Waals surface area (Å²) >= 11 is 6.61. The van der Waals surface area contributed by atoms with Gasteiger partial charge in [-0.3, -0.25) is 4.98 Å². The van der Waals surface area contributed by atoms with Crippen LogP contribution >= 0.6 is 31.9 Å². The van der Waals surface area contributed by atoms with Crippen molar-refractivity contribution in [3.05, 3.63) is 51.2 Å². The summed E-state index contributed by atoms with van der Waals surface area (Å²) in [6.45, 7) is 0.670. The Hall–Kier alpha value is -1.07. The SMILES string of the molecule is Oc1c(Br)cc(CNc2cccnc2)cc1Br. The molecular weight excluding hydrogens is 348 g/mol. The number of pyridine rings is 1. The molecule has 1 aromatic carbocycles. The van der Waals surface area contributed by atoms with Crippen LogP contribution in [0.25, 0.3) is 0 Å². The lowest BCUT2D eigenvalue weighted by Gasteiger charge is -2.08. The summed E-state index contributed by atoms with van der Waals surface area (Å²) in [5, 5.41) is 12.8. The molecule has 1 aromatic heterocycles. The van der Waals surface area contributed by atoms with E-state index in [0.717, 1.165) is 11.3 Å². The second kappa shape index (κ2) is 5.51. The molecular formula is C12H10Br2N2O. The molecule has 0 fully saturated rings. The van der Waals surface area contributed by atoms with Crippen LogP contribution in [0.5, 0.6) is 5.75 Å². The lowest BCUT2D eigenvalue weighted by Crippen LogP contribution is -1.99. The first-order chi connectivity index (χ1) is 8.16. The molecule has 0 saturated heterocycles. The normalized spacial score (nSPS) is 10.2. The van der Waals surface area contributed by atoms with Crippen molar-refractivity contribution >= 4 is 37.5 Å². The second-order valence-corrected chi connectivity index (χ2v) is 5.21. The standard InChI is InChI=1S/C12H10Br2N2O/c13-10-4-8(5-11(14)12(10)17)6-16-9-2-1-3-15-7-9/h1-5,7,16-17H,6H2. The van der Waals surface area contributed by atoms with E-state index in [4.69, 9.17) is 0 Å². The fourth-order valence-corrected chi connectivity index (χ4v) is 2.67. The maximum Gasteiger partial charge on any atom is 0.143 e. The van der Waals surface area contributed by atoms with Crippen molar-refractivity contribution in [1.82, 2.24) is 4.98 Å². The minimum atomic E-state index is 0.218. The molecule has 2 N–H and O–H groups in total. The Balaban J connectivity index is 2.10. The number of benzene rings is 1. The summed E-state index contributed by atoms with van der Waals surface area (Å²) in [4.78, 5) is 4.03. The molecule has 0 spiro atoms. The Labute approximate surface area is 116 Å². The van der Waals surface area contributed by atoms with Crippen molar-refractivity contribution in [1.29, 1.82) is 0 Å². The Morgan fingerprint density at radius 1 is 1.24 bits per heavy atom. The fraction of sp³-hybridized carbons (Fsp3) is 0.0833. The lowest BCUT2D eigenvalue weighted by molar-refractivity contribution is 0.468. The fourth-order valence-electron chi connectivity index (χ4n) is 1.39. The number of halogens is 2. The number of phenolic OH excluding ortho intramolecular Hbond substituents is 1. The van der Waals surface area contributed by atoms with Crippen molar-refractivity contribution in [2.45, 2.75) is 6.54 Å². The largest absolute Gasteiger partial charge is 0.506 e. The molecule has 5 heteroatoms. The van der Waals surface area contributed by atoms with Gasteiger partial charge in [0.05, 0.1) is 14.6 Å². The van der Waals surface area contributed by atoms with Gasteiger partial charge in [-0.05, 0) is 61.7 Å². The zero-order valence-electron chi connectivity index (χ0n) is 8.82. The van der Waals surface area contributed by atoms with Crippen molar-refractivity contribution < 1.29 is 5.11 Å². The van der Waals surface area contributed by atoms with Gasteiger partial charge in [0.15, 0.2) is 0 Å². The van der Waals surface area contributed by atoms with Crippen LogP contribution in [-0.2, 0) is 6.54 Å². The van der Waals surface area contributed by atoms with Crippen LogP contribution in [0.4, 0.5) is 5.69 Å². The number of nitrogens with one attached hydrogen (secondary N) is 1. The smallest absolute Gasteiger partial charge is 0.143 e. The zero-order valence-corrected chi connectivity index (χ0v) is 12.0. The average Bonchev–Trinajstić information content (AvgIpc) is 2.34. The number of hydrogen-bond donors (Lipinski definition) is 2. The number of phenols is 1. The third-order valence-corrected chi connectivity index (χ3v) is 3.44. The number of aromatic nitrogens is 1. The predicted molar refractivity (Wildman–Crippen MR) is 75.1 cm³/mol. The summed E-state index contributed by atoms with van der Waals surface area (Å²) in [7, 11) is 0. The highest BCUT2D eigenvalue weighted by atomic mass is 79.9. The Morgan fingerprint density at radius 2 is 1.94 bits per heavy atom. The van der Waals surface area contributed by atoms with E-state index in [1.807, 2.05) is 24.3 Å². The summed E-state index contributed by atoms with van der Waals surface area (Å²) in [5.41, 5.74) is 2.03. The van der Waals surface area contributed by atoms with Gasteiger partial charge >= 0.3 is 0 Å². The molecule has 0 radical (unpaired) electrons. The molecule has 17 heavy (non-hydrogen) atoms. The van der Waals surface area contributed by atoms with Gasteiger partial charge in [0.1, 0.15) is 5.75 Å². The van der Waals surface area contributed by atoms with Crippen LogP contribution in [0, 0.1) is 0 Å². The highest BCUT2D eigenvalue weighted by Crippen LogP contribution is 2.33. The Kier molecular flexibility index (Phi) is 4.02. The number of hydrogen-bond acceptors (Lipinski definition) is 3. The van der Waals surface area contributed by atoms with E-state index < -0.39 is 0 Å². The van der Waals surface area contributed by atoms with Gasteiger partial charge in [0.2, 0.25) is 0 Å². The van der Waals surface area contributed by atoms with Crippen LogP contribution in [-0.4, -0.2) is 10.1 Å². The predicted octanol–water partition coefficient (Wildman–Crippen LogP) is 3.92. The molecule has 0 bridgehead atoms. The molecule has 2 aromatic rings. The zero-order chi connectivity index (χ0) is 12.3. The summed E-state index contributed by atoms with van der Waals surface area (Å²) in [6.07, 6.45) is 3.50. The number of nitrogens with zero attached hydrogens (tertiary/aromatic N) is 1. The maximum absolute atomic E-state index is 9.59. The van der Waals surface area contributed by atoms with Crippen LogP contribution in [0.3, 0.4) is 0 Å². The van der Waals surface area contributed by atoms with Gasteiger partial charge in [-0.1, -0.05) is 0 Å². The van der Waals surface area contributed by atoms with Crippen LogP contribution in [0.1, 0.15) is 5.56 Å². The molecule has 0 saturated carbocycles. The summed E-state index contributed by atoms with van der Waals surface area (Å²) < 4.78 is 1.35. The van der Waals surface area contributed by atoms with Gasteiger partial charge in [-0.2, -0.15) is 0 Å². The molecule has 0 unspecified atom stereocenters. The van der Waals surface area contributed by atoms with Crippen molar-refractivity contribution in [2.24, 2.45) is 0 Å². The first-order valence-electron chi connectivity index (χ1n) is 4.97. The summed E-state index contributed by atoms with van der Waals surface area (Å²) in [6, 6.07) is 7.59. The van der Waals surface area contributed by atoms with Crippen LogP contribution < -0.4 is 5.32 Å². The molecule has 0 aliphatic heterocycles. The van der Waals surface area contributed by atoms with Gasteiger partial charge in [0.25, 0.3) is 0 Å². The summed E-state index contributed by atoms with van der Waals surface area (Å²) in [5.74, 6) is 0.218. The van der Waals surface area contributed by atoms with E-state index >= 15 is 0 Å².